The Hall–Kier alpha value is -1.87. The molecule has 0 N–H and O–H groups in total. The molecular weight excluding hydrogens is 340 g/mol. The molecule has 2 atom stereocenters. The Morgan fingerprint density at radius 1 is 1.09 bits per heavy atom. The molecule has 0 saturated heterocycles. The Balaban J connectivity index is 2.01. The third-order valence-corrected chi connectivity index (χ3v) is 4.89. The highest BCUT2D eigenvalue weighted by atomic mass is 79.9. The summed E-state index contributed by atoms with van der Waals surface area (Å²) in [5.74, 6) is -0.278. The summed E-state index contributed by atoms with van der Waals surface area (Å²) in [4.78, 5) is 12.2. The van der Waals surface area contributed by atoms with Crippen LogP contribution < -0.4 is 0 Å². The van der Waals surface area contributed by atoms with Gasteiger partial charge < -0.3 is 4.74 Å². The Kier molecular flexibility index (Phi) is 4.44. The first kappa shape index (κ1) is 15.0. The van der Waals surface area contributed by atoms with Crippen molar-refractivity contribution < 1.29 is 9.53 Å². The van der Waals surface area contributed by atoms with Crippen molar-refractivity contribution in [1.82, 2.24) is 0 Å². The summed E-state index contributed by atoms with van der Waals surface area (Å²) in [6.07, 6.45) is 2.92. The van der Waals surface area contributed by atoms with E-state index in [1.165, 1.54) is 18.2 Å². The Morgan fingerprint density at radius 3 is 2.45 bits per heavy atom. The fourth-order valence-corrected chi connectivity index (χ4v) is 3.61. The molecule has 2 nitrogen and oxygen atoms in total. The molecule has 0 amide bonds. The summed E-state index contributed by atoms with van der Waals surface area (Å²) in [6, 6.07) is 18.3. The van der Waals surface area contributed by atoms with Gasteiger partial charge in [-0.1, -0.05) is 70.5 Å². The number of allylic oxidation sites excluding steroid dienone is 2. The number of carbonyl (C=O) groups excluding carboxylic acids is 1. The molecule has 3 heteroatoms. The first-order valence-electron chi connectivity index (χ1n) is 7.29. The lowest BCUT2D eigenvalue weighted by Crippen LogP contribution is -2.19. The molecule has 0 heterocycles. The number of hydrogen-bond acceptors (Lipinski definition) is 2. The highest BCUT2D eigenvalue weighted by Gasteiger charge is 2.36. The van der Waals surface area contributed by atoms with Crippen LogP contribution in [0, 0.1) is 5.92 Å². The van der Waals surface area contributed by atoms with Gasteiger partial charge >= 0.3 is 5.97 Å². The van der Waals surface area contributed by atoms with Gasteiger partial charge in [0.25, 0.3) is 0 Å². The number of ether oxygens (including phenoxy) is 1. The Bertz CT molecular complexity index is 706. The van der Waals surface area contributed by atoms with E-state index in [0.717, 1.165) is 10.0 Å². The summed E-state index contributed by atoms with van der Waals surface area (Å²) in [5, 5.41) is 0. The summed E-state index contributed by atoms with van der Waals surface area (Å²) in [5.41, 5.74) is 3.51. The van der Waals surface area contributed by atoms with Gasteiger partial charge in [0, 0.05) is 10.4 Å². The molecule has 0 fully saturated rings. The lowest BCUT2D eigenvalue weighted by molar-refractivity contribution is -0.145. The second-order valence-corrected chi connectivity index (χ2v) is 6.29. The van der Waals surface area contributed by atoms with Gasteiger partial charge in [-0.15, -0.1) is 0 Å². The highest BCUT2D eigenvalue weighted by Crippen LogP contribution is 2.44. The molecule has 0 aromatic heterocycles. The van der Waals surface area contributed by atoms with Crippen LogP contribution in [0.4, 0.5) is 0 Å². The third kappa shape index (κ3) is 2.86. The fourth-order valence-electron chi connectivity index (χ4n) is 3.06. The van der Waals surface area contributed by atoms with Crippen LogP contribution in [0.2, 0.25) is 0 Å². The first-order valence-corrected chi connectivity index (χ1v) is 8.08. The van der Waals surface area contributed by atoms with Crippen molar-refractivity contribution in [2.24, 2.45) is 5.92 Å². The molecule has 0 unspecified atom stereocenters. The zero-order valence-corrected chi connectivity index (χ0v) is 13.9. The van der Waals surface area contributed by atoms with Crippen LogP contribution in [-0.2, 0) is 9.53 Å². The van der Waals surface area contributed by atoms with E-state index in [4.69, 9.17) is 4.74 Å². The summed E-state index contributed by atoms with van der Waals surface area (Å²) >= 11 is 3.60. The molecule has 22 heavy (non-hydrogen) atoms. The van der Waals surface area contributed by atoms with Crippen molar-refractivity contribution in [1.29, 1.82) is 0 Å². The third-order valence-electron chi connectivity index (χ3n) is 4.17. The average molecular weight is 357 g/mol. The van der Waals surface area contributed by atoms with Gasteiger partial charge in [-0.2, -0.15) is 0 Å². The van der Waals surface area contributed by atoms with E-state index >= 15 is 0 Å². The smallest absolute Gasteiger partial charge is 0.309 e. The molecule has 2 aromatic carbocycles. The summed E-state index contributed by atoms with van der Waals surface area (Å²) < 4.78 is 6.05. The van der Waals surface area contributed by atoms with Crippen molar-refractivity contribution in [2.75, 3.05) is 7.11 Å². The minimum absolute atomic E-state index is 0.0400. The molecule has 1 aliphatic rings. The van der Waals surface area contributed by atoms with Gasteiger partial charge in [-0.05, 0) is 29.2 Å². The van der Waals surface area contributed by atoms with Gasteiger partial charge in [0.15, 0.2) is 0 Å². The van der Waals surface area contributed by atoms with E-state index in [-0.39, 0.29) is 17.8 Å². The van der Waals surface area contributed by atoms with E-state index in [9.17, 15) is 4.79 Å². The van der Waals surface area contributed by atoms with Crippen molar-refractivity contribution >= 4 is 27.5 Å². The van der Waals surface area contributed by atoms with E-state index in [1.54, 1.807) is 0 Å². The standard InChI is InChI=1S/C19H17BrO2/c1-22-19(21)17-12-14(13-7-3-2-4-8-13)11-16(17)15-9-5-6-10-18(15)20/h2-11,16-17H,12H2,1H3/t16-,17-/m1/s1. The molecule has 0 aliphatic heterocycles. The minimum Gasteiger partial charge on any atom is -0.469 e. The van der Waals surface area contributed by atoms with Gasteiger partial charge in [0.2, 0.25) is 0 Å². The van der Waals surface area contributed by atoms with Crippen LogP contribution in [0.1, 0.15) is 23.5 Å². The lowest BCUT2D eigenvalue weighted by Gasteiger charge is -2.18. The predicted molar refractivity (Wildman–Crippen MR) is 91.4 cm³/mol. The lowest BCUT2D eigenvalue weighted by atomic mass is 9.88. The zero-order valence-electron chi connectivity index (χ0n) is 12.3. The predicted octanol–water partition coefficient (Wildman–Crippen LogP) is 4.81. The maximum atomic E-state index is 12.2. The van der Waals surface area contributed by atoms with Crippen molar-refractivity contribution in [3.05, 3.63) is 76.3 Å². The minimum atomic E-state index is -0.168. The molecule has 0 bridgehead atoms. The average Bonchev–Trinajstić information content (AvgIpc) is 3.00. The van der Waals surface area contributed by atoms with Crippen LogP contribution in [-0.4, -0.2) is 13.1 Å². The number of halogens is 1. The molecule has 0 radical (unpaired) electrons. The van der Waals surface area contributed by atoms with Gasteiger partial charge in [0.1, 0.15) is 0 Å². The quantitative estimate of drug-likeness (QED) is 0.737. The summed E-state index contributed by atoms with van der Waals surface area (Å²) in [6.45, 7) is 0. The summed E-state index contributed by atoms with van der Waals surface area (Å²) in [7, 11) is 1.46. The molecule has 1 aliphatic carbocycles. The number of rotatable bonds is 3. The second-order valence-electron chi connectivity index (χ2n) is 5.44. The number of methoxy groups -OCH3 is 1. The van der Waals surface area contributed by atoms with Crippen LogP contribution in [0.25, 0.3) is 5.57 Å². The van der Waals surface area contributed by atoms with E-state index < -0.39 is 0 Å². The molecule has 3 rings (SSSR count). The molecule has 2 aromatic rings. The zero-order chi connectivity index (χ0) is 15.5. The van der Waals surface area contributed by atoms with Crippen molar-refractivity contribution in [3.63, 3.8) is 0 Å². The van der Waals surface area contributed by atoms with Crippen LogP contribution in [0.3, 0.4) is 0 Å². The Morgan fingerprint density at radius 2 is 1.77 bits per heavy atom. The van der Waals surface area contributed by atoms with E-state index in [1.807, 2.05) is 36.4 Å². The fraction of sp³-hybridized carbons (Fsp3) is 0.211. The maximum Gasteiger partial charge on any atom is 0.309 e. The largest absolute Gasteiger partial charge is 0.469 e. The SMILES string of the molecule is COC(=O)[C@@H]1CC(c2ccccc2)=C[C@@H]1c1ccccc1Br. The maximum absolute atomic E-state index is 12.2. The molecule has 0 spiro atoms. The number of hydrogen-bond donors (Lipinski definition) is 0. The van der Waals surface area contributed by atoms with Gasteiger partial charge in [-0.25, -0.2) is 0 Å². The highest BCUT2D eigenvalue weighted by molar-refractivity contribution is 9.10. The first-order chi connectivity index (χ1) is 10.7. The molecular formula is C19H17BrO2. The Labute approximate surface area is 138 Å². The van der Waals surface area contributed by atoms with Gasteiger partial charge in [-0.3, -0.25) is 4.79 Å². The van der Waals surface area contributed by atoms with Crippen LogP contribution >= 0.6 is 15.9 Å². The van der Waals surface area contributed by atoms with Gasteiger partial charge in [0.05, 0.1) is 13.0 Å². The number of carbonyl (C=O) groups is 1. The van der Waals surface area contributed by atoms with E-state index in [0.29, 0.717) is 6.42 Å². The van der Waals surface area contributed by atoms with E-state index in [2.05, 4.69) is 40.2 Å². The topological polar surface area (TPSA) is 26.3 Å². The molecule has 0 saturated carbocycles. The second kappa shape index (κ2) is 6.49. The monoisotopic (exact) mass is 356 g/mol. The van der Waals surface area contributed by atoms with Crippen molar-refractivity contribution in [3.8, 4) is 0 Å². The normalized spacial score (nSPS) is 20.5. The number of esters is 1. The van der Waals surface area contributed by atoms with Crippen LogP contribution in [0.15, 0.2) is 65.1 Å². The van der Waals surface area contributed by atoms with Crippen molar-refractivity contribution in [2.45, 2.75) is 12.3 Å². The van der Waals surface area contributed by atoms with Crippen LogP contribution in [0.5, 0.6) is 0 Å². The molecule has 112 valence electrons. The number of benzene rings is 2.